The van der Waals surface area contributed by atoms with E-state index in [-0.39, 0.29) is 29.7 Å². The summed E-state index contributed by atoms with van der Waals surface area (Å²) in [7, 11) is 0. The van der Waals surface area contributed by atoms with Crippen LogP contribution in [-0.2, 0) is 0 Å². The Morgan fingerprint density at radius 1 is 0.757 bits per heavy atom. The van der Waals surface area contributed by atoms with Crippen molar-refractivity contribution in [3.8, 4) is 0 Å². The molecular formula is C26H25ClN6O4. The summed E-state index contributed by atoms with van der Waals surface area (Å²) >= 11 is 0. The molecule has 0 atom stereocenters. The molecule has 10 nitrogen and oxygen atoms in total. The van der Waals surface area contributed by atoms with Crippen LogP contribution in [0.1, 0.15) is 34.6 Å². The summed E-state index contributed by atoms with van der Waals surface area (Å²) in [6.45, 7) is 3.03. The Bertz CT molecular complexity index is 1380. The van der Waals surface area contributed by atoms with E-state index in [4.69, 9.17) is 5.73 Å². The Labute approximate surface area is 219 Å². The van der Waals surface area contributed by atoms with Gasteiger partial charge in [0.25, 0.3) is 0 Å². The molecule has 0 aliphatic heterocycles. The van der Waals surface area contributed by atoms with Gasteiger partial charge in [-0.05, 0) is 74.5 Å². The van der Waals surface area contributed by atoms with Crippen molar-refractivity contribution in [3.63, 3.8) is 0 Å². The molecule has 2 heterocycles. The molecule has 4 N–H and O–H groups in total. The Balaban J connectivity index is 0.000000255. The predicted molar refractivity (Wildman–Crippen MR) is 146 cm³/mol. The number of pyridine rings is 2. The van der Waals surface area contributed by atoms with Gasteiger partial charge in [0.2, 0.25) is 0 Å². The van der Waals surface area contributed by atoms with E-state index in [0.29, 0.717) is 28.2 Å². The average Bonchev–Trinajstić information content (AvgIpc) is 2.87. The van der Waals surface area contributed by atoms with Gasteiger partial charge in [0, 0.05) is 34.9 Å². The fraction of sp³-hybridized carbons (Fsp3) is 0.0769. The third-order valence-corrected chi connectivity index (χ3v) is 4.99. The van der Waals surface area contributed by atoms with Gasteiger partial charge in [-0.3, -0.25) is 29.7 Å². The van der Waals surface area contributed by atoms with Crippen LogP contribution in [0, 0.1) is 10.1 Å². The first-order valence-corrected chi connectivity index (χ1v) is 10.8. The van der Waals surface area contributed by atoms with Gasteiger partial charge in [-0.1, -0.05) is 0 Å². The third kappa shape index (κ3) is 8.11. The molecular weight excluding hydrogens is 496 g/mol. The van der Waals surface area contributed by atoms with E-state index >= 15 is 0 Å². The maximum Gasteiger partial charge on any atom is 0.310 e. The number of aromatic nitrogens is 2. The Kier molecular flexibility index (Phi) is 10.2. The fourth-order valence-corrected chi connectivity index (χ4v) is 3.05. The highest BCUT2D eigenvalue weighted by Crippen LogP contribution is 2.26. The first kappa shape index (κ1) is 28.4. The van der Waals surface area contributed by atoms with Gasteiger partial charge in [-0.2, -0.15) is 0 Å². The van der Waals surface area contributed by atoms with Crippen molar-refractivity contribution < 1.29 is 14.5 Å². The van der Waals surface area contributed by atoms with Crippen molar-refractivity contribution in [1.29, 1.82) is 0 Å². The molecule has 11 heteroatoms. The molecule has 190 valence electrons. The van der Waals surface area contributed by atoms with Gasteiger partial charge >= 0.3 is 5.69 Å². The summed E-state index contributed by atoms with van der Waals surface area (Å²) in [4.78, 5) is 40.2. The van der Waals surface area contributed by atoms with Gasteiger partial charge in [-0.15, -0.1) is 12.4 Å². The van der Waals surface area contributed by atoms with Crippen LogP contribution >= 0.6 is 12.4 Å². The number of carbonyl (C=O) groups excluding carboxylic acids is 2. The largest absolute Gasteiger partial charge is 0.396 e. The lowest BCUT2D eigenvalue weighted by Gasteiger charge is -2.08. The Morgan fingerprint density at radius 2 is 1.19 bits per heavy atom. The number of nitro groups is 1. The molecule has 37 heavy (non-hydrogen) atoms. The highest BCUT2D eigenvalue weighted by Gasteiger charge is 2.13. The molecule has 0 fully saturated rings. The second-order valence-corrected chi connectivity index (χ2v) is 7.63. The van der Waals surface area contributed by atoms with E-state index in [1.807, 2.05) is 12.1 Å². The topological polar surface area (TPSA) is 153 Å². The number of rotatable bonds is 7. The standard InChI is InChI=1S/C13H11N3O3.C13H13N3O.ClH/c1-9(17)10-2-4-11(5-3-10)15-12-6-7-14-8-13(12)16(18)19;1-9(17)10-2-4-11(5-3-10)16-13-6-7-15-8-12(13)14;/h2-8H,1H3,(H,14,15);2-8H,14H2,1H3,(H,15,16);1H. The van der Waals surface area contributed by atoms with E-state index in [9.17, 15) is 19.7 Å². The third-order valence-electron chi connectivity index (χ3n) is 4.99. The summed E-state index contributed by atoms with van der Waals surface area (Å²) in [6.07, 6.45) is 5.92. The SMILES string of the molecule is CC(=O)c1ccc(Nc2ccncc2N)cc1.CC(=O)c1ccc(Nc2ccncc2[N+](=O)[O-])cc1.Cl. The summed E-state index contributed by atoms with van der Waals surface area (Å²) in [5.41, 5.74) is 10.2. The lowest BCUT2D eigenvalue weighted by molar-refractivity contribution is -0.384. The molecule has 0 radical (unpaired) electrons. The molecule has 4 rings (SSSR count). The molecule has 0 bridgehead atoms. The summed E-state index contributed by atoms with van der Waals surface area (Å²) in [6, 6.07) is 17.3. The second kappa shape index (κ2) is 13.3. The number of hydrogen-bond donors (Lipinski definition) is 3. The lowest BCUT2D eigenvalue weighted by Crippen LogP contribution is -1.98. The molecule has 0 aliphatic rings. The van der Waals surface area contributed by atoms with Crippen LogP contribution in [0.3, 0.4) is 0 Å². The van der Waals surface area contributed by atoms with Gasteiger partial charge in [-0.25, -0.2) is 0 Å². The number of nitrogens with one attached hydrogen (secondary N) is 2. The van der Waals surface area contributed by atoms with Gasteiger partial charge in [0.05, 0.1) is 22.5 Å². The van der Waals surface area contributed by atoms with Gasteiger partial charge in [0.1, 0.15) is 11.9 Å². The van der Waals surface area contributed by atoms with E-state index in [1.165, 1.54) is 25.4 Å². The monoisotopic (exact) mass is 520 g/mol. The molecule has 4 aromatic rings. The summed E-state index contributed by atoms with van der Waals surface area (Å²) < 4.78 is 0. The van der Waals surface area contributed by atoms with E-state index in [1.54, 1.807) is 61.8 Å². The van der Waals surface area contributed by atoms with Crippen LogP contribution in [0.15, 0.2) is 85.5 Å². The first-order chi connectivity index (χ1) is 17.2. The number of nitrogens with zero attached hydrogens (tertiary/aromatic N) is 3. The molecule has 0 saturated carbocycles. The summed E-state index contributed by atoms with van der Waals surface area (Å²) in [5.74, 6) is 0.0291. The number of anilines is 5. The van der Waals surface area contributed by atoms with Crippen molar-refractivity contribution in [2.45, 2.75) is 13.8 Å². The predicted octanol–water partition coefficient (Wildman–Crippen LogP) is 5.97. The molecule has 0 aliphatic carbocycles. The van der Waals surface area contributed by atoms with Crippen LogP contribution in [0.5, 0.6) is 0 Å². The normalized spacial score (nSPS) is 9.68. The highest BCUT2D eigenvalue weighted by atomic mass is 35.5. The quantitative estimate of drug-likeness (QED) is 0.152. The van der Waals surface area contributed by atoms with Gasteiger partial charge < -0.3 is 16.4 Å². The van der Waals surface area contributed by atoms with E-state index in [2.05, 4.69) is 20.6 Å². The number of ketones is 2. The van der Waals surface area contributed by atoms with Gasteiger partial charge in [0.15, 0.2) is 11.6 Å². The zero-order valence-corrected chi connectivity index (χ0v) is 20.9. The van der Waals surface area contributed by atoms with Crippen molar-refractivity contribution >= 4 is 58.1 Å². The zero-order valence-electron chi connectivity index (χ0n) is 20.0. The molecule has 2 aromatic carbocycles. The number of nitrogens with two attached hydrogens (primary N) is 1. The average molecular weight is 521 g/mol. The molecule has 0 spiro atoms. The fourth-order valence-electron chi connectivity index (χ4n) is 3.05. The minimum Gasteiger partial charge on any atom is -0.396 e. The minimum atomic E-state index is -0.501. The van der Waals surface area contributed by atoms with Crippen LogP contribution in [0.2, 0.25) is 0 Å². The maximum atomic E-state index is 11.1. The number of Topliss-reactive ketones (excluding diaryl/α,β-unsaturated/α-hetero) is 2. The van der Waals surface area contributed by atoms with Crippen LogP contribution in [0.4, 0.5) is 34.1 Å². The molecule has 0 saturated heterocycles. The van der Waals surface area contributed by atoms with E-state index in [0.717, 1.165) is 11.4 Å². The number of carbonyl (C=O) groups is 2. The minimum absolute atomic E-state index is 0. The summed E-state index contributed by atoms with van der Waals surface area (Å²) in [5, 5.41) is 16.9. The number of halogens is 1. The number of nitrogen functional groups attached to an aromatic ring is 1. The Hall–Kier alpha value is -4.83. The van der Waals surface area contributed by atoms with Crippen molar-refractivity contribution in [3.05, 3.63) is 107 Å². The molecule has 0 unspecified atom stereocenters. The number of benzene rings is 2. The number of hydrogen-bond acceptors (Lipinski definition) is 9. The molecule has 0 amide bonds. The van der Waals surface area contributed by atoms with Crippen LogP contribution in [0.25, 0.3) is 0 Å². The van der Waals surface area contributed by atoms with Crippen molar-refractivity contribution in [2.24, 2.45) is 0 Å². The van der Waals surface area contributed by atoms with Crippen LogP contribution in [-0.4, -0.2) is 26.5 Å². The van der Waals surface area contributed by atoms with E-state index < -0.39 is 4.92 Å². The van der Waals surface area contributed by atoms with Crippen molar-refractivity contribution in [1.82, 2.24) is 9.97 Å². The van der Waals surface area contributed by atoms with Crippen molar-refractivity contribution in [2.75, 3.05) is 16.4 Å². The maximum absolute atomic E-state index is 11.1. The first-order valence-electron chi connectivity index (χ1n) is 10.8. The van der Waals surface area contributed by atoms with Crippen LogP contribution < -0.4 is 16.4 Å². The zero-order chi connectivity index (χ0) is 26.1. The molecule has 2 aromatic heterocycles. The second-order valence-electron chi connectivity index (χ2n) is 7.63. The lowest BCUT2D eigenvalue weighted by atomic mass is 10.1. The Morgan fingerprint density at radius 3 is 1.62 bits per heavy atom. The smallest absolute Gasteiger partial charge is 0.310 e. The highest BCUT2D eigenvalue weighted by molar-refractivity contribution is 5.95.